The molecule has 5 heteroatoms. The lowest BCUT2D eigenvalue weighted by molar-refractivity contribution is 0.414. The molecular formula is C15H20N4O. The van der Waals surface area contributed by atoms with Gasteiger partial charge in [-0.1, -0.05) is 0 Å². The molecule has 106 valence electrons. The average Bonchev–Trinajstić information content (AvgIpc) is 2.39. The zero-order valence-electron chi connectivity index (χ0n) is 12.3. The highest BCUT2D eigenvalue weighted by atomic mass is 16.5. The molecule has 0 aliphatic rings. The number of aromatic nitrogens is 3. The molecular weight excluding hydrogens is 252 g/mol. The van der Waals surface area contributed by atoms with Gasteiger partial charge in [-0.2, -0.15) is 0 Å². The molecule has 0 aliphatic heterocycles. The standard InChI is InChI=1S/C15H20N4O/c1-11-13(6-5-7-17-11)20-14-10-16-8-12(19-14)9-18-15(2,3)4/h5-8,10,18H,9H2,1-4H3. The van der Waals surface area contributed by atoms with Crippen LogP contribution in [-0.4, -0.2) is 20.5 Å². The molecule has 0 saturated heterocycles. The number of rotatable bonds is 4. The minimum Gasteiger partial charge on any atom is -0.436 e. The topological polar surface area (TPSA) is 59.9 Å². The number of nitrogens with one attached hydrogen (secondary N) is 1. The van der Waals surface area contributed by atoms with E-state index >= 15 is 0 Å². The molecule has 2 heterocycles. The maximum Gasteiger partial charge on any atom is 0.238 e. The third kappa shape index (κ3) is 4.28. The van der Waals surface area contributed by atoms with E-state index in [0.29, 0.717) is 18.2 Å². The Hall–Kier alpha value is -2.01. The smallest absolute Gasteiger partial charge is 0.238 e. The van der Waals surface area contributed by atoms with Gasteiger partial charge in [0.2, 0.25) is 5.88 Å². The van der Waals surface area contributed by atoms with Crippen molar-refractivity contribution >= 4 is 0 Å². The van der Waals surface area contributed by atoms with Gasteiger partial charge < -0.3 is 10.1 Å². The van der Waals surface area contributed by atoms with Crippen LogP contribution < -0.4 is 10.1 Å². The highest BCUT2D eigenvalue weighted by Crippen LogP contribution is 2.20. The van der Waals surface area contributed by atoms with Gasteiger partial charge in [0, 0.05) is 24.5 Å². The summed E-state index contributed by atoms with van der Waals surface area (Å²) in [5.41, 5.74) is 1.71. The van der Waals surface area contributed by atoms with Crippen LogP contribution in [-0.2, 0) is 6.54 Å². The number of hydrogen-bond donors (Lipinski definition) is 1. The Morgan fingerprint density at radius 1 is 1.25 bits per heavy atom. The van der Waals surface area contributed by atoms with Crippen LogP contribution in [0.1, 0.15) is 32.2 Å². The summed E-state index contributed by atoms with van der Waals surface area (Å²) in [6, 6.07) is 3.70. The van der Waals surface area contributed by atoms with E-state index < -0.39 is 0 Å². The second-order valence-electron chi connectivity index (χ2n) is 5.64. The summed E-state index contributed by atoms with van der Waals surface area (Å²) < 4.78 is 5.72. The van der Waals surface area contributed by atoms with Crippen molar-refractivity contribution in [1.82, 2.24) is 20.3 Å². The zero-order chi connectivity index (χ0) is 14.6. The van der Waals surface area contributed by atoms with Gasteiger partial charge >= 0.3 is 0 Å². The molecule has 1 N–H and O–H groups in total. The van der Waals surface area contributed by atoms with Gasteiger partial charge in [0.15, 0.2) is 5.75 Å². The first kappa shape index (κ1) is 14.4. The molecule has 0 fully saturated rings. The van der Waals surface area contributed by atoms with Crippen molar-refractivity contribution in [3.05, 3.63) is 42.1 Å². The van der Waals surface area contributed by atoms with E-state index in [1.54, 1.807) is 18.6 Å². The molecule has 2 aromatic heterocycles. The van der Waals surface area contributed by atoms with Crippen molar-refractivity contribution in [3.8, 4) is 11.6 Å². The molecule has 0 spiro atoms. The van der Waals surface area contributed by atoms with Crippen molar-refractivity contribution in [3.63, 3.8) is 0 Å². The number of ether oxygens (including phenoxy) is 1. The summed E-state index contributed by atoms with van der Waals surface area (Å²) in [4.78, 5) is 12.8. The van der Waals surface area contributed by atoms with Crippen molar-refractivity contribution in [2.45, 2.75) is 39.8 Å². The van der Waals surface area contributed by atoms with Crippen molar-refractivity contribution in [2.24, 2.45) is 0 Å². The number of pyridine rings is 1. The summed E-state index contributed by atoms with van der Waals surface area (Å²) in [5, 5.41) is 3.37. The van der Waals surface area contributed by atoms with E-state index in [1.165, 1.54) is 0 Å². The van der Waals surface area contributed by atoms with E-state index in [0.717, 1.165) is 11.4 Å². The van der Waals surface area contributed by atoms with Gasteiger partial charge in [-0.15, -0.1) is 0 Å². The van der Waals surface area contributed by atoms with E-state index in [2.05, 4.69) is 41.0 Å². The Kier molecular flexibility index (Phi) is 4.29. The van der Waals surface area contributed by atoms with Crippen molar-refractivity contribution in [1.29, 1.82) is 0 Å². The molecule has 0 radical (unpaired) electrons. The fourth-order valence-corrected chi connectivity index (χ4v) is 1.57. The Morgan fingerprint density at radius 3 is 2.75 bits per heavy atom. The Morgan fingerprint density at radius 2 is 2.05 bits per heavy atom. The van der Waals surface area contributed by atoms with Gasteiger partial charge in [-0.3, -0.25) is 9.97 Å². The summed E-state index contributed by atoms with van der Waals surface area (Å²) in [6.07, 6.45) is 5.08. The maximum absolute atomic E-state index is 5.72. The Balaban J connectivity index is 2.08. The van der Waals surface area contributed by atoms with Crippen LogP contribution in [0.2, 0.25) is 0 Å². The summed E-state index contributed by atoms with van der Waals surface area (Å²) >= 11 is 0. The van der Waals surface area contributed by atoms with E-state index in [-0.39, 0.29) is 5.54 Å². The summed E-state index contributed by atoms with van der Waals surface area (Å²) in [6.45, 7) is 8.88. The molecule has 2 rings (SSSR count). The molecule has 0 amide bonds. The minimum atomic E-state index is 0.0402. The van der Waals surface area contributed by atoms with Crippen LogP contribution >= 0.6 is 0 Å². The van der Waals surface area contributed by atoms with Crippen LogP contribution in [0.3, 0.4) is 0 Å². The van der Waals surface area contributed by atoms with Gasteiger partial charge in [-0.25, -0.2) is 4.98 Å². The van der Waals surface area contributed by atoms with E-state index in [4.69, 9.17) is 4.74 Å². The fourth-order valence-electron chi connectivity index (χ4n) is 1.57. The first-order valence-corrected chi connectivity index (χ1v) is 6.59. The summed E-state index contributed by atoms with van der Waals surface area (Å²) in [5.74, 6) is 1.18. The Bertz CT molecular complexity index is 578. The van der Waals surface area contributed by atoms with Gasteiger partial charge in [-0.05, 0) is 39.8 Å². The lowest BCUT2D eigenvalue weighted by atomic mass is 10.1. The second kappa shape index (κ2) is 5.96. The highest BCUT2D eigenvalue weighted by Gasteiger charge is 2.10. The molecule has 0 unspecified atom stereocenters. The molecule has 20 heavy (non-hydrogen) atoms. The fraction of sp³-hybridized carbons (Fsp3) is 0.400. The van der Waals surface area contributed by atoms with Gasteiger partial charge in [0.25, 0.3) is 0 Å². The molecule has 0 bridgehead atoms. The molecule has 5 nitrogen and oxygen atoms in total. The van der Waals surface area contributed by atoms with Gasteiger partial charge in [0.1, 0.15) is 0 Å². The zero-order valence-corrected chi connectivity index (χ0v) is 12.3. The van der Waals surface area contributed by atoms with Crippen LogP contribution in [0.5, 0.6) is 11.6 Å². The lowest BCUT2D eigenvalue weighted by Gasteiger charge is -2.20. The van der Waals surface area contributed by atoms with Gasteiger partial charge in [0.05, 0.1) is 17.6 Å². The largest absolute Gasteiger partial charge is 0.436 e. The molecule has 0 saturated carbocycles. The lowest BCUT2D eigenvalue weighted by Crippen LogP contribution is -2.35. The van der Waals surface area contributed by atoms with Crippen LogP contribution in [0.4, 0.5) is 0 Å². The van der Waals surface area contributed by atoms with Crippen molar-refractivity contribution in [2.75, 3.05) is 0 Å². The van der Waals surface area contributed by atoms with E-state index in [1.807, 2.05) is 19.1 Å². The number of aryl methyl sites for hydroxylation is 1. The minimum absolute atomic E-state index is 0.0402. The monoisotopic (exact) mass is 272 g/mol. The normalized spacial score (nSPS) is 11.4. The first-order chi connectivity index (χ1) is 9.44. The van der Waals surface area contributed by atoms with Crippen LogP contribution in [0.15, 0.2) is 30.7 Å². The summed E-state index contributed by atoms with van der Waals surface area (Å²) in [7, 11) is 0. The SMILES string of the molecule is Cc1ncccc1Oc1cncc(CNC(C)(C)C)n1. The molecule has 2 aromatic rings. The first-order valence-electron chi connectivity index (χ1n) is 6.59. The predicted molar refractivity (Wildman–Crippen MR) is 77.7 cm³/mol. The van der Waals surface area contributed by atoms with Crippen molar-refractivity contribution < 1.29 is 4.74 Å². The highest BCUT2D eigenvalue weighted by molar-refractivity contribution is 5.29. The number of nitrogens with zero attached hydrogens (tertiary/aromatic N) is 3. The molecule has 0 aromatic carbocycles. The number of hydrogen-bond acceptors (Lipinski definition) is 5. The average molecular weight is 272 g/mol. The maximum atomic E-state index is 5.72. The Labute approximate surface area is 119 Å². The quantitative estimate of drug-likeness (QED) is 0.927. The predicted octanol–water partition coefficient (Wildman–Crippen LogP) is 2.86. The van der Waals surface area contributed by atoms with E-state index in [9.17, 15) is 0 Å². The third-order valence-corrected chi connectivity index (χ3v) is 2.64. The van der Waals surface area contributed by atoms with Crippen LogP contribution in [0.25, 0.3) is 0 Å². The molecule has 0 atom stereocenters. The molecule has 0 aliphatic carbocycles. The van der Waals surface area contributed by atoms with Crippen LogP contribution in [0, 0.1) is 6.92 Å². The third-order valence-electron chi connectivity index (χ3n) is 2.64. The second-order valence-corrected chi connectivity index (χ2v) is 5.64.